The van der Waals surface area contributed by atoms with Crippen molar-refractivity contribution < 1.29 is 13.2 Å². The number of benzene rings is 1. The molecule has 0 aliphatic rings. The Balaban J connectivity index is 2.24. The first kappa shape index (κ1) is 12.9. The fourth-order valence-corrected chi connectivity index (χ4v) is 2.14. The average Bonchev–Trinajstić information content (AvgIpc) is 2.81. The maximum atomic E-state index is 12.9. The number of hydrogen-bond donors (Lipinski definition) is 0. The molecule has 0 aliphatic carbocycles. The van der Waals surface area contributed by atoms with Crippen LogP contribution in [0, 0.1) is 0 Å². The third kappa shape index (κ3) is 2.12. The summed E-state index contributed by atoms with van der Waals surface area (Å²) in [4.78, 5) is 3.89. The zero-order chi connectivity index (χ0) is 14.3. The van der Waals surface area contributed by atoms with Crippen molar-refractivity contribution in [3.05, 3.63) is 53.3 Å². The summed E-state index contributed by atoms with van der Waals surface area (Å²) in [7, 11) is 0. The van der Waals surface area contributed by atoms with E-state index in [4.69, 9.17) is 11.6 Å². The highest BCUT2D eigenvalue weighted by molar-refractivity contribution is 6.33. The predicted octanol–water partition coefficient (Wildman–Crippen LogP) is 4.07. The van der Waals surface area contributed by atoms with E-state index in [1.54, 1.807) is 24.3 Å². The summed E-state index contributed by atoms with van der Waals surface area (Å²) in [6.07, 6.45) is -3.39. The summed E-state index contributed by atoms with van der Waals surface area (Å²) in [5, 5.41) is 4.38. The lowest BCUT2D eigenvalue weighted by molar-refractivity contribution is -0.142. The molecule has 0 N–H and O–H groups in total. The molecule has 0 atom stereocenters. The van der Waals surface area contributed by atoms with E-state index in [0.717, 1.165) is 16.8 Å². The zero-order valence-electron chi connectivity index (χ0n) is 9.89. The van der Waals surface area contributed by atoms with Crippen molar-refractivity contribution in [2.24, 2.45) is 0 Å². The Morgan fingerprint density at radius 2 is 1.85 bits per heavy atom. The highest BCUT2D eigenvalue weighted by Crippen LogP contribution is 2.31. The van der Waals surface area contributed by atoms with Crippen LogP contribution in [0.15, 0.2) is 42.6 Å². The average molecular weight is 298 g/mol. The summed E-state index contributed by atoms with van der Waals surface area (Å²) < 4.78 is 39.5. The van der Waals surface area contributed by atoms with E-state index >= 15 is 0 Å². The van der Waals surface area contributed by atoms with Crippen LogP contribution in [0.25, 0.3) is 16.9 Å². The van der Waals surface area contributed by atoms with E-state index in [9.17, 15) is 13.2 Å². The molecule has 0 bridgehead atoms. The molecule has 0 amide bonds. The molecule has 0 saturated carbocycles. The summed E-state index contributed by atoms with van der Waals surface area (Å²) in [5.41, 5.74) is 0.156. The highest BCUT2D eigenvalue weighted by atomic mass is 35.5. The van der Waals surface area contributed by atoms with Crippen molar-refractivity contribution in [3.8, 4) is 11.3 Å². The van der Waals surface area contributed by atoms with E-state index in [-0.39, 0.29) is 5.65 Å². The number of hydrogen-bond acceptors (Lipinski definition) is 2. The van der Waals surface area contributed by atoms with Gasteiger partial charge in [-0.1, -0.05) is 29.8 Å². The van der Waals surface area contributed by atoms with Crippen molar-refractivity contribution in [3.63, 3.8) is 0 Å². The number of halogens is 4. The molecule has 7 heteroatoms. The summed E-state index contributed by atoms with van der Waals surface area (Å²) in [5.74, 6) is 0. The van der Waals surface area contributed by atoms with Crippen molar-refractivity contribution in [2.45, 2.75) is 6.18 Å². The molecular weight excluding hydrogens is 291 g/mol. The second-order valence-corrected chi connectivity index (χ2v) is 4.51. The highest BCUT2D eigenvalue weighted by Gasteiger charge is 2.34. The standard InChI is InChI=1S/C13H7ClF3N3/c14-9-4-2-1-3-8(9)10-7-12-18-6-5-11(13(15,16)17)20(12)19-10/h1-7H. The molecule has 3 aromatic rings. The SMILES string of the molecule is FC(F)(F)c1ccnc2cc(-c3ccccc3Cl)nn12. The van der Waals surface area contributed by atoms with Gasteiger partial charge in [-0.25, -0.2) is 9.50 Å². The maximum absolute atomic E-state index is 12.9. The van der Waals surface area contributed by atoms with E-state index in [0.29, 0.717) is 16.3 Å². The summed E-state index contributed by atoms with van der Waals surface area (Å²) >= 11 is 6.02. The smallest absolute Gasteiger partial charge is 0.237 e. The van der Waals surface area contributed by atoms with Gasteiger partial charge in [0.05, 0.1) is 10.7 Å². The van der Waals surface area contributed by atoms with Crippen LogP contribution in [0.1, 0.15) is 5.69 Å². The first-order chi connectivity index (χ1) is 9.47. The van der Waals surface area contributed by atoms with Gasteiger partial charge in [-0.3, -0.25) is 0 Å². The van der Waals surface area contributed by atoms with Crippen LogP contribution < -0.4 is 0 Å². The molecule has 0 unspecified atom stereocenters. The molecule has 0 spiro atoms. The van der Waals surface area contributed by atoms with Gasteiger partial charge >= 0.3 is 6.18 Å². The lowest BCUT2D eigenvalue weighted by Crippen LogP contribution is -2.12. The van der Waals surface area contributed by atoms with Crippen molar-refractivity contribution in [1.29, 1.82) is 0 Å². The molecule has 3 nitrogen and oxygen atoms in total. The van der Waals surface area contributed by atoms with Crippen LogP contribution >= 0.6 is 11.6 Å². The number of nitrogens with zero attached hydrogens (tertiary/aromatic N) is 3. The summed E-state index contributed by atoms with van der Waals surface area (Å²) in [6.45, 7) is 0. The molecule has 0 saturated heterocycles. The molecule has 2 heterocycles. The number of fused-ring (bicyclic) bond motifs is 1. The number of alkyl halides is 3. The van der Waals surface area contributed by atoms with E-state index in [2.05, 4.69) is 10.1 Å². The number of aromatic nitrogens is 3. The van der Waals surface area contributed by atoms with Gasteiger partial charge < -0.3 is 0 Å². The summed E-state index contributed by atoms with van der Waals surface area (Å²) in [6, 6.07) is 9.17. The predicted molar refractivity (Wildman–Crippen MR) is 68.4 cm³/mol. The third-order valence-corrected chi connectivity index (χ3v) is 3.13. The van der Waals surface area contributed by atoms with Gasteiger partial charge in [-0.2, -0.15) is 18.3 Å². The molecular formula is C13H7ClF3N3. The first-order valence-electron chi connectivity index (χ1n) is 5.64. The Morgan fingerprint density at radius 1 is 1.10 bits per heavy atom. The van der Waals surface area contributed by atoms with E-state index in [1.807, 2.05) is 0 Å². The molecule has 0 aliphatic heterocycles. The van der Waals surface area contributed by atoms with Gasteiger partial charge in [-0.05, 0) is 12.1 Å². The molecule has 102 valence electrons. The quantitative estimate of drug-likeness (QED) is 0.678. The lowest BCUT2D eigenvalue weighted by Gasteiger charge is -2.07. The van der Waals surface area contributed by atoms with Gasteiger partial charge in [0, 0.05) is 17.8 Å². The van der Waals surface area contributed by atoms with Crippen molar-refractivity contribution in [1.82, 2.24) is 14.6 Å². The van der Waals surface area contributed by atoms with Crippen LogP contribution in [-0.2, 0) is 6.18 Å². The Labute approximate surface area is 116 Å². The van der Waals surface area contributed by atoms with E-state index < -0.39 is 11.9 Å². The van der Waals surface area contributed by atoms with Crippen molar-refractivity contribution >= 4 is 17.2 Å². The Morgan fingerprint density at radius 3 is 2.55 bits per heavy atom. The molecule has 0 radical (unpaired) electrons. The minimum absolute atomic E-state index is 0.120. The second-order valence-electron chi connectivity index (χ2n) is 4.11. The largest absolute Gasteiger partial charge is 0.433 e. The van der Waals surface area contributed by atoms with E-state index in [1.165, 1.54) is 6.07 Å². The number of rotatable bonds is 1. The zero-order valence-corrected chi connectivity index (χ0v) is 10.7. The molecule has 1 aromatic carbocycles. The Bertz CT molecular complexity index is 780. The van der Waals surface area contributed by atoms with Gasteiger partial charge in [0.15, 0.2) is 5.65 Å². The fourth-order valence-electron chi connectivity index (χ4n) is 1.91. The van der Waals surface area contributed by atoms with Crippen LogP contribution in [0.5, 0.6) is 0 Å². The van der Waals surface area contributed by atoms with Crippen LogP contribution in [0.2, 0.25) is 5.02 Å². The minimum Gasteiger partial charge on any atom is -0.237 e. The lowest BCUT2D eigenvalue weighted by atomic mass is 10.1. The molecule has 0 fully saturated rings. The van der Waals surface area contributed by atoms with Crippen molar-refractivity contribution in [2.75, 3.05) is 0 Å². The monoisotopic (exact) mass is 297 g/mol. The van der Waals surface area contributed by atoms with Gasteiger partial charge in [-0.15, -0.1) is 0 Å². The second kappa shape index (κ2) is 4.49. The Hall–Kier alpha value is -2.08. The molecule has 2 aromatic heterocycles. The van der Waals surface area contributed by atoms with Gasteiger partial charge in [0.1, 0.15) is 5.69 Å². The van der Waals surface area contributed by atoms with Crippen LogP contribution in [0.4, 0.5) is 13.2 Å². The normalized spacial score (nSPS) is 12.0. The van der Waals surface area contributed by atoms with Crippen LogP contribution in [0.3, 0.4) is 0 Å². The maximum Gasteiger partial charge on any atom is 0.433 e. The van der Waals surface area contributed by atoms with Gasteiger partial charge in [0.2, 0.25) is 0 Å². The molecule has 20 heavy (non-hydrogen) atoms. The first-order valence-corrected chi connectivity index (χ1v) is 6.01. The molecule has 3 rings (SSSR count). The fraction of sp³-hybridized carbons (Fsp3) is 0.0769. The minimum atomic E-state index is -4.50. The Kier molecular flexibility index (Phi) is 2.90. The topological polar surface area (TPSA) is 30.2 Å². The third-order valence-electron chi connectivity index (χ3n) is 2.80. The van der Waals surface area contributed by atoms with Gasteiger partial charge in [0.25, 0.3) is 0 Å². The van der Waals surface area contributed by atoms with Crippen LogP contribution in [-0.4, -0.2) is 14.6 Å².